The number of aromatic nitrogens is 2. The van der Waals surface area contributed by atoms with Gasteiger partial charge in [-0.3, -0.25) is 14.8 Å². The molecule has 2 N–H and O–H groups in total. The second-order valence-corrected chi connectivity index (χ2v) is 7.56. The van der Waals surface area contributed by atoms with Gasteiger partial charge in [0.2, 0.25) is 5.96 Å². The Kier molecular flexibility index (Phi) is 7.18. The molecule has 6 nitrogen and oxygen atoms in total. The Morgan fingerprint density at radius 2 is 1.94 bits per heavy atom. The maximum absolute atomic E-state index is 13.6. The van der Waals surface area contributed by atoms with Gasteiger partial charge in [0.05, 0.1) is 12.2 Å². The minimum Gasteiger partial charge on any atom is -0.326 e. The maximum Gasteiger partial charge on any atom is 0.257 e. The minimum absolute atomic E-state index is 0.247. The molecule has 0 atom stereocenters. The fourth-order valence-electron chi connectivity index (χ4n) is 3.10. The average Bonchev–Trinajstić information content (AvgIpc) is 3.07. The molecule has 0 aliphatic rings. The maximum atomic E-state index is 13.6. The van der Waals surface area contributed by atoms with Crippen molar-refractivity contribution in [3.8, 4) is 0 Å². The van der Waals surface area contributed by atoms with E-state index in [4.69, 9.17) is 0 Å². The van der Waals surface area contributed by atoms with Crippen molar-refractivity contribution < 1.29 is 9.18 Å². The van der Waals surface area contributed by atoms with E-state index in [1.165, 1.54) is 12.1 Å². The van der Waals surface area contributed by atoms with Crippen LogP contribution in [0.1, 0.15) is 46.1 Å². The van der Waals surface area contributed by atoms with Crippen molar-refractivity contribution >= 4 is 17.6 Å². The minimum atomic E-state index is -0.374. The molecule has 2 aromatic carbocycles. The van der Waals surface area contributed by atoms with E-state index in [1.807, 2.05) is 43.8 Å². The third kappa shape index (κ3) is 6.01. The molecule has 3 rings (SSSR count). The molecule has 0 aliphatic carbocycles. The molecule has 0 unspecified atom stereocenters. The van der Waals surface area contributed by atoms with E-state index in [0.29, 0.717) is 17.8 Å². The SMILES string of the molecule is CCCn1cc(CN=C(NC(=O)c2ccc(C)c(C)c2)Nc2cccc(F)c2)c(C)n1. The second-order valence-electron chi connectivity index (χ2n) is 7.56. The largest absolute Gasteiger partial charge is 0.326 e. The van der Waals surface area contributed by atoms with Crippen molar-refractivity contribution in [2.24, 2.45) is 4.99 Å². The standard InChI is InChI=1S/C24H28FN5O/c1-5-11-30-15-20(18(4)29-30)14-26-24(27-22-8-6-7-21(25)13-22)28-23(31)19-10-9-16(2)17(3)12-19/h6-10,12-13,15H,5,11,14H2,1-4H3,(H2,26,27,28,31). The summed E-state index contributed by atoms with van der Waals surface area (Å²) in [6.45, 7) is 9.16. The van der Waals surface area contributed by atoms with Crippen LogP contribution >= 0.6 is 0 Å². The van der Waals surface area contributed by atoms with Crippen LogP contribution in [0.4, 0.5) is 10.1 Å². The lowest BCUT2D eigenvalue weighted by atomic mass is 10.1. The van der Waals surface area contributed by atoms with Gasteiger partial charge in [0, 0.05) is 29.6 Å². The molecule has 0 bridgehead atoms. The first kappa shape index (κ1) is 22.2. The van der Waals surface area contributed by atoms with Crippen molar-refractivity contribution in [3.63, 3.8) is 0 Å². The number of amides is 1. The molecule has 0 saturated heterocycles. The molecule has 0 radical (unpaired) electrons. The Morgan fingerprint density at radius 3 is 2.65 bits per heavy atom. The fraction of sp³-hybridized carbons (Fsp3) is 0.292. The number of hydrogen-bond donors (Lipinski definition) is 2. The lowest BCUT2D eigenvalue weighted by molar-refractivity contribution is 0.0977. The summed E-state index contributed by atoms with van der Waals surface area (Å²) in [5, 5.41) is 10.3. The quantitative estimate of drug-likeness (QED) is 0.445. The number of nitrogens with zero attached hydrogens (tertiary/aromatic N) is 3. The number of nitrogens with one attached hydrogen (secondary N) is 2. The monoisotopic (exact) mass is 421 g/mol. The van der Waals surface area contributed by atoms with E-state index < -0.39 is 0 Å². The number of benzene rings is 2. The molecule has 0 saturated carbocycles. The van der Waals surface area contributed by atoms with E-state index in [-0.39, 0.29) is 17.7 Å². The van der Waals surface area contributed by atoms with Crippen LogP contribution in [-0.4, -0.2) is 21.6 Å². The number of carbonyl (C=O) groups excluding carboxylic acids is 1. The van der Waals surface area contributed by atoms with Gasteiger partial charge >= 0.3 is 0 Å². The lowest BCUT2D eigenvalue weighted by Gasteiger charge is -2.12. The van der Waals surface area contributed by atoms with Crippen LogP contribution in [0.5, 0.6) is 0 Å². The molecule has 3 aromatic rings. The lowest BCUT2D eigenvalue weighted by Crippen LogP contribution is -2.36. The van der Waals surface area contributed by atoms with Gasteiger partial charge in [0.1, 0.15) is 5.82 Å². The van der Waals surface area contributed by atoms with Crippen molar-refractivity contribution in [2.75, 3.05) is 5.32 Å². The summed E-state index contributed by atoms with van der Waals surface area (Å²) in [5.41, 5.74) is 5.03. The van der Waals surface area contributed by atoms with Crippen molar-refractivity contribution in [1.82, 2.24) is 15.1 Å². The van der Waals surface area contributed by atoms with Gasteiger partial charge in [-0.1, -0.05) is 19.1 Å². The highest BCUT2D eigenvalue weighted by molar-refractivity contribution is 6.10. The van der Waals surface area contributed by atoms with Gasteiger partial charge in [-0.05, 0) is 68.7 Å². The number of rotatable bonds is 6. The third-order valence-corrected chi connectivity index (χ3v) is 5.00. The van der Waals surface area contributed by atoms with Gasteiger partial charge in [-0.25, -0.2) is 9.38 Å². The van der Waals surface area contributed by atoms with E-state index >= 15 is 0 Å². The molecule has 0 fully saturated rings. The third-order valence-electron chi connectivity index (χ3n) is 5.00. The zero-order valence-corrected chi connectivity index (χ0v) is 18.4. The second kappa shape index (κ2) is 10.0. The summed E-state index contributed by atoms with van der Waals surface area (Å²) < 4.78 is 15.5. The Hall–Kier alpha value is -3.48. The number of carbonyl (C=O) groups is 1. The molecule has 1 aromatic heterocycles. The molecule has 0 spiro atoms. The summed E-state index contributed by atoms with van der Waals surface area (Å²) in [5.74, 6) is -0.415. The molecule has 0 aliphatic heterocycles. The Balaban J connectivity index is 1.83. The highest BCUT2D eigenvalue weighted by Crippen LogP contribution is 2.12. The number of guanidine groups is 1. The van der Waals surface area contributed by atoms with Gasteiger partial charge < -0.3 is 5.32 Å². The predicted molar refractivity (Wildman–Crippen MR) is 122 cm³/mol. The summed E-state index contributed by atoms with van der Waals surface area (Å²) in [6.07, 6.45) is 2.95. The number of aliphatic imine (C=N–C) groups is 1. The van der Waals surface area contributed by atoms with Crippen molar-refractivity contribution in [1.29, 1.82) is 0 Å². The molecule has 1 amide bonds. The first-order chi connectivity index (χ1) is 14.9. The van der Waals surface area contributed by atoms with E-state index in [1.54, 1.807) is 18.2 Å². The van der Waals surface area contributed by atoms with Crippen LogP contribution in [0.15, 0.2) is 53.7 Å². The zero-order chi connectivity index (χ0) is 22.4. The number of anilines is 1. The highest BCUT2D eigenvalue weighted by Gasteiger charge is 2.12. The van der Waals surface area contributed by atoms with Gasteiger partial charge in [-0.2, -0.15) is 5.10 Å². The van der Waals surface area contributed by atoms with E-state index in [2.05, 4.69) is 27.6 Å². The zero-order valence-electron chi connectivity index (χ0n) is 18.4. The number of aryl methyl sites for hydroxylation is 4. The van der Waals surface area contributed by atoms with Crippen LogP contribution in [0.25, 0.3) is 0 Å². The van der Waals surface area contributed by atoms with Crippen molar-refractivity contribution in [3.05, 3.63) is 82.4 Å². The smallest absolute Gasteiger partial charge is 0.257 e. The molecular formula is C24H28FN5O. The van der Waals surface area contributed by atoms with E-state index in [9.17, 15) is 9.18 Å². The van der Waals surface area contributed by atoms with Gasteiger partial charge in [0.25, 0.3) is 5.91 Å². The van der Waals surface area contributed by atoms with Gasteiger partial charge in [-0.15, -0.1) is 0 Å². The molecule has 1 heterocycles. The summed E-state index contributed by atoms with van der Waals surface area (Å²) in [6, 6.07) is 11.5. The summed E-state index contributed by atoms with van der Waals surface area (Å²) >= 11 is 0. The summed E-state index contributed by atoms with van der Waals surface area (Å²) in [7, 11) is 0. The fourth-order valence-corrected chi connectivity index (χ4v) is 3.10. The number of hydrogen-bond acceptors (Lipinski definition) is 3. The average molecular weight is 422 g/mol. The van der Waals surface area contributed by atoms with Crippen LogP contribution in [0, 0.1) is 26.6 Å². The molecule has 7 heteroatoms. The number of halogens is 1. The van der Waals surface area contributed by atoms with Crippen LogP contribution in [-0.2, 0) is 13.1 Å². The highest BCUT2D eigenvalue weighted by atomic mass is 19.1. The Labute approximate surface area is 182 Å². The van der Waals surface area contributed by atoms with Gasteiger partial charge in [0.15, 0.2) is 0 Å². The van der Waals surface area contributed by atoms with Crippen molar-refractivity contribution in [2.45, 2.75) is 47.2 Å². The Morgan fingerprint density at radius 1 is 1.13 bits per heavy atom. The van der Waals surface area contributed by atoms with E-state index in [0.717, 1.165) is 35.3 Å². The van der Waals surface area contributed by atoms with Crippen LogP contribution in [0.3, 0.4) is 0 Å². The molecule has 31 heavy (non-hydrogen) atoms. The van der Waals surface area contributed by atoms with Crippen LogP contribution in [0.2, 0.25) is 0 Å². The Bertz CT molecular complexity index is 1100. The normalized spacial score (nSPS) is 11.5. The first-order valence-electron chi connectivity index (χ1n) is 10.3. The van der Waals surface area contributed by atoms with Crippen LogP contribution < -0.4 is 10.6 Å². The first-order valence-corrected chi connectivity index (χ1v) is 10.3. The molecular weight excluding hydrogens is 393 g/mol. The molecule has 162 valence electrons. The topological polar surface area (TPSA) is 71.3 Å². The predicted octanol–water partition coefficient (Wildman–Crippen LogP) is 4.76. The summed E-state index contributed by atoms with van der Waals surface area (Å²) in [4.78, 5) is 17.4.